The maximum atomic E-state index is 11.9. The molecule has 0 N–H and O–H groups in total. The van der Waals surface area contributed by atoms with Crippen molar-refractivity contribution in [1.29, 1.82) is 0 Å². The first-order chi connectivity index (χ1) is 7.18. The summed E-state index contributed by atoms with van der Waals surface area (Å²) in [5.41, 5.74) is 1.00. The molecule has 1 atom stereocenters. The third kappa shape index (κ3) is 2.18. The Morgan fingerprint density at radius 2 is 2.40 bits per heavy atom. The third-order valence-electron chi connectivity index (χ3n) is 2.75. The number of amides is 1. The lowest BCUT2D eigenvalue weighted by atomic mass is 10.0. The molecule has 0 saturated carbocycles. The number of hydrazone groups is 1. The minimum Gasteiger partial charge on any atom is -0.380 e. The standard InChI is InChI=1S/C10H17N3O2/c1-12(2)4-5-13-10(14)8-7-15-6-3-9(8)11-13/h8H,3-7H2,1-2H3. The lowest BCUT2D eigenvalue weighted by Gasteiger charge is -2.18. The van der Waals surface area contributed by atoms with Crippen molar-refractivity contribution >= 4 is 11.6 Å². The van der Waals surface area contributed by atoms with E-state index in [1.165, 1.54) is 0 Å². The molecule has 1 saturated heterocycles. The molecule has 0 spiro atoms. The predicted octanol–water partition coefficient (Wildman–Crippen LogP) is -0.217. The van der Waals surface area contributed by atoms with E-state index in [4.69, 9.17) is 4.74 Å². The second kappa shape index (κ2) is 4.28. The molecule has 1 unspecified atom stereocenters. The molecular weight excluding hydrogens is 194 g/mol. The van der Waals surface area contributed by atoms with Gasteiger partial charge in [0.25, 0.3) is 5.91 Å². The van der Waals surface area contributed by atoms with Crippen LogP contribution in [0.25, 0.3) is 0 Å². The SMILES string of the molecule is CN(C)CCN1N=C2CCOCC2C1=O. The van der Waals surface area contributed by atoms with Crippen molar-refractivity contribution in [3.8, 4) is 0 Å². The highest BCUT2D eigenvalue weighted by Gasteiger charge is 2.37. The van der Waals surface area contributed by atoms with Crippen molar-refractivity contribution in [1.82, 2.24) is 9.91 Å². The number of likely N-dealkylation sites (N-methyl/N-ethyl adjacent to an activating group) is 1. The first-order valence-corrected chi connectivity index (χ1v) is 5.29. The van der Waals surface area contributed by atoms with E-state index < -0.39 is 0 Å². The summed E-state index contributed by atoms with van der Waals surface area (Å²) in [6.07, 6.45) is 0.800. The number of fused-ring (bicyclic) bond motifs is 1. The minimum absolute atomic E-state index is 0.0964. The first-order valence-electron chi connectivity index (χ1n) is 5.29. The van der Waals surface area contributed by atoms with Crippen molar-refractivity contribution in [2.24, 2.45) is 11.0 Å². The summed E-state index contributed by atoms with van der Waals surface area (Å²) in [7, 11) is 3.98. The first kappa shape index (κ1) is 10.6. The maximum absolute atomic E-state index is 11.9. The summed E-state index contributed by atoms with van der Waals surface area (Å²) in [4.78, 5) is 13.9. The van der Waals surface area contributed by atoms with E-state index >= 15 is 0 Å². The van der Waals surface area contributed by atoms with Gasteiger partial charge in [0.05, 0.1) is 25.5 Å². The van der Waals surface area contributed by atoms with Crippen LogP contribution in [0.1, 0.15) is 6.42 Å². The maximum Gasteiger partial charge on any atom is 0.253 e. The van der Waals surface area contributed by atoms with Gasteiger partial charge < -0.3 is 9.64 Å². The molecule has 0 radical (unpaired) electrons. The Balaban J connectivity index is 1.97. The topological polar surface area (TPSA) is 45.1 Å². The quantitative estimate of drug-likeness (QED) is 0.648. The van der Waals surface area contributed by atoms with E-state index in [1.54, 1.807) is 5.01 Å². The Bertz CT molecular complexity index is 288. The molecule has 2 rings (SSSR count). The molecule has 1 fully saturated rings. The number of carbonyl (C=O) groups excluding carboxylic acids is 1. The van der Waals surface area contributed by atoms with Gasteiger partial charge in [0, 0.05) is 13.0 Å². The largest absolute Gasteiger partial charge is 0.380 e. The van der Waals surface area contributed by atoms with Crippen LogP contribution in [0, 0.1) is 5.92 Å². The Labute approximate surface area is 89.7 Å². The molecule has 1 amide bonds. The lowest BCUT2D eigenvalue weighted by molar-refractivity contribution is -0.133. The van der Waals surface area contributed by atoms with Crippen molar-refractivity contribution in [3.63, 3.8) is 0 Å². The summed E-state index contributed by atoms with van der Waals surface area (Å²) in [5.74, 6) is 0.00691. The molecule has 0 aromatic carbocycles. The van der Waals surface area contributed by atoms with Crippen molar-refractivity contribution in [3.05, 3.63) is 0 Å². The molecule has 2 aliphatic heterocycles. The van der Waals surface area contributed by atoms with Crippen LogP contribution in [0.4, 0.5) is 0 Å². The van der Waals surface area contributed by atoms with Crippen LogP contribution in [0.15, 0.2) is 5.10 Å². The second-order valence-electron chi connectivity index (χ2n) is 4.23. The summed E-state index contributed by atoms with van der Waals surface area (Å²) < 4.78 is 5.29. The fraction of sp³-hybridized carbons (Fsp3) is 0.800. The summed E-state index contributed by atoms with van der Waals surface area (Å²) in [5, 5.41) is 5.95. The number of ether oxygens (including phenoxy) is 1. The number of rotatable bonds is 3. The van der Waals surface area contributed by atoms with Gasteiger partial charge in [-0.2, -0.15) is 5.10 Å². The van der Waals surface area contributed by atoms with Crippen LogP contribution in [0.5, 0.6) is 0 Å². The molecule has 5 nitrogen and oxygen atoms in total. The van der Waals surface area contributed by atoms with Gasteiger partial charge in [0.2, 0.25) is 0 Å². The Kier molecular flexibility index (Phi) is 3.02. The Hall–Kier alpha value is -0.940. The molecule has 84 valence electrons. The van der Waals surface area contributed by atoms with Gasteiger partial charge in [-0.3, -0.25) is 4.79 Å². The molecule has 0 aromatic heterocycles. The average Bonchev–Trinajstić information content (AvgIpc) is 2.54. The zero-order chi connectivity index (χ0) is 10.8. The summed E-state index contributed by atoms with van der Waals surface area (Å²) in [6, 6.07) is 0. The normalized spacial score (nSPS) is 25.8. The highest BCUT2D eigenvalue weighted by Crippen LogP contribution is 2.21. The molecule has 15 heavy (non-hydrogen) atoms. The summed E-state index contributed by atoms with van der Waals surface area (Å²) in [6.45, 7) is 2.72. The van der Waals surface area contributed by atoms with Crippen molar-refractivity contribution < 1.29 is 9.53 Å². The van der Waals surface area contributed by atoms with Crippen LogP contribution in [-0.2, 0) is 9.53 Å². The van der Waals surface area contributed by atoms with Gasteiger partial charge in [-0.05, 0) is 14.1 Å². The lowest BCUT2D eigenvalue weighted by Crippen LogP contribution is -2.36. The molecule has 0 aliphatic carbocycles. The highest BCUT2D eigenvalue weighted by atomic mass is 16.5. The van der Waals surface area contributed by atoms with Gasteiger partial charge in [-0.25, -0.2) is 5.01 Å². The van der Waals surface area contributed by atoms with Gasteiger partial charge in [0.15, 0.2) is 0 Å². The van der Waals surface area contributed by atoms with E-state index in [-0.39, 0.29) is 11.8 Å². The van der Waals surface area contributed by atoms with Gasteiger partial charge in [0.1, 0.15) is 5.92 Å². The molecule has 2 heterocycles. The number of nitrogens with zero attached hydrogens (tertiary/aromatic N) is 3. The van der Waals surface area contributed by atoms with Crippen molar-refractivity contribution in [2.45, 2.75) is 6.42 Å². The van der Waals surface area contributed by atoms with Crippen LogP contribution in [-0.4, -0.2) is 61.9 Å². The monoisotopic (exact) mass is 211 g/mol. The minimum atomic E-state index is -0.0964. The van der Waals surface area contributed by atoms with Crippen LogP contribution < -0.4 is 0 Å². The van der Waals surface area contributed by atoms with Gasteiger partial charge in [-0.1, -0.05) is 0 Å². The van der Waals surface area contributed by atoms with Crippen LogP contribution in [0.2, 0.25) is 0 Å². The second-order valence-corrected chi connectivity index (χ2v) is 4.23. The molecular formula is C10H17N3O2. The molecule has 2 aliphatic rings. The van der Waals surface area contributed by atoms with Gasteiger partial charge >= 0.3 is 0 Å². The van der Waals surface area contributed by atoms with E-state index in [0.717, 1.165) is 18.7 Å². The van der Waals surface area contributed by atoms with Crippen LogP contribution in [0.3, 0.4) is 0 Å². The van der Waals surface area contributed by atoms with Crippen molar-refractivity contribution in [2.75, 3.05) is 40.4 Å². The van der Waals surface area contributed by atoms with Gasteiger partial charge in [-0.15, -0.1) is 0 Å². The molecule has 5 heteroatoms. The average molecular weight is 211 g/mol. The zero-order valence-corrected chi connectivity index (χ0v) is 9.27. The Morgan fingerprint density at radius 1 is 1.60 bits per heavy atom. The van der Waals surface area contributed by atoms with E-state index in [1.807, 2.05) is 19.0 Å². The molecule has 0 bridgehead atoms. The number of carbonyl (C=O) groups is 1. The fourth-order valence-corrected chi connectivity index (χ4v) is 1.82. The zero-order valence-electron chi connectivity index (χ0n) is 9.27. The fourth-order valence-electron chi connectivity index (χ4n) is 1.82. The summed E-state index contributed by atoms with van der Waals surface area (Å²) >= 11 is 0. The smallest absolute Gasteiger partial charge is 0.253 e. The predicted molar refractivity (Wildman–Crippen MR) is 56.6 cm³/mol. The number of hydrogen-bond donors (Lipinski definition) is 0. The Morgan fingerprint density at radius 3 is 3.07 bits per heavy atom. The third-order valence-corrected chi connectivity index (χ3v) is 2.75. The highest BCUT2D eigenvalue weighted by molar-refractivity contribution is 6.08. The molecule has 0 aromatic rings. The number of hydrogen-bond acceptors (Lipinski definition) is 4. The van der Waals surface area contributed by atoms with E-state index in [0.29, 0.717) is 19.8 Å². The van der Waals surface area contributed by atoms with E-state index in [9.17, 15) is 4.79 Å². The van der Waals surface area contributed by atoms with E-state index in [2.05, 4.69) is 5.10 Å². The van der Waals surface area contributed by atoms with Crippen LogP contribution >= 0.6 is 0 Å².